The van der Waals surface area contributed by atoms with Gasteiger partial charge in [-0.05, 0) is 18.4 Å². The van der Waals surface area contributed by atoms with Gasteiger partial charge in [0.05, 0.1) is 10.4 Å². The van der Waals surface area contributed by atoms with Crippen LogP contribution in [0.5, 0.6) is 0 Å². The van der Waals surface area contributed by atoms with E-state index >= 15 is 0 Å². The second-order valence-corrected chi connectivity index (χ2v) is 6.90. The first-order valence-corrected chi connectivity index (χ1v) is 9.03. The van der Waals surface area contributed by atoms with Crippen molar-refractivity contribution in [2.75, 3.05) is 13.1 Å². The summed E-state index contributed by atoms with van der Waals surface area (Å²) in [6.07, 6.45) is 1.77. The summed E-state index contributed by atoms with van der Waals surface area (Å²) < 4.78 is 0. The van der Waals surface area contributed by atoms with Crippen LogP contribution >= 0.6 is 11.3 Å². The van der Waals surface area contributed by atoms with E-state index in [4.69, 9.17) is 0 Å². The number of hydrogen-bond donors (Lipinski definition) is 2. The van der Waals surface area contributed by atoms with E-state index in [1.54, 1.807) is 5.51 Å². The van der Waals surface area contributed by atoms with Gasteiger partial charge in [-0.2, -0.15) is 5.10 Å². The molecule has 1 fully saturated rings. The number of aromatic nitrogens is 4. The van der Waals surface area contributed by atoms with Crippen LogP contribution in [0, 0.1) is 0 Å². The van der Waals surface area contributed by atoms with E-state index in [1.807, 2.05) is 35.2 Å². The normalized spacial score (nSPS) is 17.6. The number of hydrogen-bond acceptors (Lipinski definition) is 5. The van der Waals surface area contributed by atoms with Gasteiger partial charge in [0.1, 0.15) is 11.5 Å². The molecular formula is C17H17N5O2S. The van der Waals surface area contributed by atoms with Gasteiger partial charge in [0.25, 0.3) is 5.91 Å². The number of likely N-dealkylation sites (tertiary alicyclic amines) is 1. The summed E-state index contributed by atoms with van der Waals surface area (Å²) in [5, 5.41) is 6.41. The van der Waals surface area contributed by atoms with Gasteiger partial charge >= 0.3 is 5.69 Å². The van der Waals surface area contributed by atoms with Crippen LogP contribution in [0.2, 0.25) is 0 Å². The van der Waals surface area contributed by atoms with Crippen molar-refractivity contribution < 1.29 is 4.79 Å². The topological polar surface area (TPSA) is 94.7 Å². The molecule has 0 saturated carbocycles. The van der Waals surface area contributed by atoms with E-state index in [0.717, 1.165) is 23.3 Å². The highest BCUT2D eigenvalue weighted by atomic mass is 32.1. The van der Waals surface area contributed by atoms with Crippen LogP contribution in [0.3, 0.4) is 0 Å². The van der Waals surface area contributed by atoms with Crippen LogP contribution in [-0.4, -0.2) is 44.1 Å². The minimum Gasteiger partial charge on any atom is -0.337 e. The predicted octanol–water partition coefficient (Wildman–Crippen LogP) is 2.24. The Bertz CT molecular complexity index is 930. The van der Waals surface area contributed by atoms with E-state index in [0.29, 0.717) is 24.6 Å². The van der Waals surface area contributed by atoms with E-state index < -0.39 is 0 Å². The molecule has 7 nitrogen and oxygen atoms in total. The van der Waals surface area contributed by atoms with Crippen LogP contribution in [-0.2, 0) is 0 Å². The number of thiazole rings is 1. The molecule has 1 aliphatic heterocycles. The first-order valence-electron chi connectivity index (χ1n) is 8.15. The number of H-pyrrole nitrogens is 2. The highest BCUT2D eigenvalue weighted by Crippen LogP contribution is 2.30. The Morgan fingerprint density at radius 2 is 2.12 bits per heavy atom. The number of piperidine rings is 1. The quantitative estimate of drug-likeness (QED) is 0.753. The Kier molecular flexibility index (Phi) is 4.19. The van der Waals surface area contributed by atoms with Gasteiger partial charge in [-0.25, -0.2) is 14.9 Å². The molecule has 3 heterocycles. The maximum atomic E-state index is 13.0. The Hall–Kier alpha value is -2.74. The maximum Gasteiger partial charge on any atom is 0.340 e. The molecule has 2 N–H and O–H groups in total. The van der Waals surface area contributed by atoms with Crippen molar-refractivity contribution in [3.8, 4) is 10.4 Å². The molecule has 0 bridgehead atoms. The minimum atomic E-state index is -0.315. The molecular weight excluding hydrogens is 338 g/mol. The monoisotopic (exact) mass is 355 g/mol. The van der Waals surface area contributed by atoms with Gasteiger partial charge in [-0.3, -0.25) is 9.78 Å². The lowest BCUT2D eigenvalue weighted by Gasteiger charge is -2.31. The Morgan fingerprint density at radius 3 is 2.88 bits per heavy atom. The highest BCUT2D eigenvalue weighted by Gasteiger charge is 2.29. The number of nitrogens with zero attached hydrogens (tertiary/aromatic N) is 3. The number of rotatable bonds is 3. The summed E-state index contributed by atoms with van der Waals surface area (Å²) in [4.78, 5) is 34.0. The molecule has 0 aliphatic carbocycles. The summed E-state index contributed by atoms with van der Waals surface area (Å²) in [5.74, 6) is 0.585. The fraction of sp³-hybridized carbons (Fsp3) is 0.294. The van der Waals surface area contributed by atoms with Crippen molar-refractivity contribution in [1.82, 2.24) is 25.1 Å². The zero-order valence-corrected chi connectivity index (χ0v) is 14.3. The van der Waals surface area contributed by atoms with E-state index in [-0.39, 0.29) is 17.5 Å². The molecule has 1 atom stereocenters. The van der Waals surface area contributed by atoms with E-state index in [9.17, 15) is 9.59 Å². The van der Waals surface area contributed by atoms with Crippen molar-refractivity contribution >= 4 is 17.2 Å². The number of amides is 1. The third-order valence-corrected chi connectivity index (χ3v) is 5.30. The Morgan fingerprint density at radius 1 is 1.28 bits per heavy atom. The second kappa shape index (κ2) is 6.64. The largest absolute Gasteiger partial charge is 0.340 e. The molecule has 1 aliphatic rings. The Labute approximate surface area is 147 Å². The van der Waals surface area contributed by atoms with Crippen molar-refractivity contribution in [2.45, 2.75) is 18.8 Å². The number of aromatic amines is 2. The Balaban J connectivity index is 1.57. The second-order valence-electron chi connectivity index (χ2n) is 6.05. The van der Waals surface area contributed by atoms with Crippen LogP contribution < -0.4 is 5.69 Å². The van der Waals surface area contributed by atoms with Gasteiger partial charge in [0.15, 0.2) is 0 Å². The first-order chi connectivity index (χ1) is 12.2. The zero-order valence-electron chi connectivity index (χ0n) is 13.4. The molecule has 1 unspecified atom stereocenters. The number of nitrogens with one attached hydrogen (secondary N) is 2. The molecule has 8 heteroatoms. The number of carbonyl (C=O) groups excluding carboxylic acids is 1. The third kappa shape index (κ3) is 3.12. The predicted molar refractivity (Wildman–Crippen MR) is 94.6 cm³/mol. The molecule has 128 valence electrons. The fourth-order valence-corrected chi connectivity index (χ4v) is 3.99. The van der Waals surface area contributed by atoms with Crippen LogP contribution in [0.25, 0.3) is 10.4 Å². The lowest BCUT2D eigenvalue weighted by Crippen LogP contribution is -2.39. The van der Waals surface area contributed by atoms with Crippen molar-refractivity contribution in [2.24, 2.45) is 0 Å². The van der Waals surface area contributed by atoms with Gasteiger partial charge in [0, 0.05) is 19.0 Å². The highest BCUT2D eigenvalue weighted by molar-refractivity contribution is 7.13. The summed E-state index contributed by atoms with van der Waals surface area (Å²) in [7, 11) is 0. The van der Waals surface area contributed by atoms with Crippen molar-refractivity contribution in [1.29, 1.82) is 0 Å². The minimum absolute atomic E-state index is 0.0375. The van der Waals surface area contributed by atoms with Gasteiger partial charge in [0.2, 0.25) is 0 Å². The summed E-state index contributed by atoms with van der Waals surface area (Å²) >= 11 is 1.47. The average Bonchev–Trinajstić information content (AvgIpc) is 3.31. The van der Waals surface area contributed by atoms with Crippen LogP contribution in [0.15, 0.2) is 40.6 Å². The number of benzene rings is 1. The maximum absolute atomic E-state index is 13.0. The molecule has 0 spiro atoms. The standard InChI is InChI=1S/C17H17N5O2S/c23-16(13-14(25-10-18-13)11-5-2-1-3-6-11)22-8-4-7-12(9-22)15-19-17(24)21-20-15/h1-3,5-6,10,12H,4,7-9H2,(H2,19,20,21,24). The van der Waals surface area contributed by atoms with Crippen molar-refractivity contribution in [3.05, 3.63) is 57.8 Å². The molecule has 2 aromatic heterocycles. The smallest absolute Gasteiger partial charge is 0.337 e. The molecule has 4 rings (SSSR count). The zero-order chi connectivity index (χ0) is 17.2. The lowest BCUT2D eigenvalue weighted by atomic mass is 9.97. The van der Waals surface area contributed by atoms with Crippen molar-refractivity contribution in [3.63, 3.8) is 0 Å². The van der Waals surface area contributed by atoms with Gasteiger partial charge in [-0.1, -0.05) is 30.3 Å². The van der Waals surface area contributed by atoms with Gasteiger partial charge < -0.3 is 4.90 Å². The summed E-state index contributed by atoms with van der Waals surface area (Å²) in [5.41, 5.74) is 2.89. The van der Waals surface area contributed by atoms with Crippen LogP contribution in [0.4, 0.5) is 0 Å². The van der Waals surface area contributed by atoms with E-state index in [2.05, 4.69) is 20.2 Å². The summed E-state index contributed by atoms with van der Waals surface area (Å²) in [6, 6.07) is 9.82. The lowest BCUT2D eigenvalue weighted by molar-refractivity contribution is 0.0700. The first kappa shape index (κ1) is 15.8. The molecule has 1 aromatic carbocycles. The van der Waals surface area contributed by atoms with Crippen LogP contribution in [0.1, 0.15) is 35.1 Å². The molecule has 25 heavy (non-hydrogen) atoms. The average molecular weight is 355 g/mol. The van der Waals surface area contributed by atoms with Gasteiger partial charge in [-0.15, -0.1) is 11.3 Å². The fourth-order valence-electron chi connectivity index (χ4n) is 3.20. The third-order valence-electron chi connectivity index (χ3n) is 4.42. The van der Waals surface area contributed by atoms with E-state index in [1.165, 1.54) is 11.3 Å². The molecule has 1 amide bonds. The summed E-state index contributed by atoms with van der Waals surface area (Å²) in [6.45, 7) is 1.22. The SMILES string of the molecule is O=C(c1ncsc1-c1ccccc1)N1CCCC(c2n[nH]c(=O)[nH]2)C1. The molecule has 0 radical (unpaired) electrons. The molecule has 3 aromatic rings. The molecule has 1 saturated heterocycles. The number of carbonyl (C=O) groups is 1.